The van der Waals surface area contributed by atoms with Gasteiger partial charge in [-0.15, -0.1) is 0 Å². The molecule has 2 aromatic heterocycles. The first-order chi connectivity index (χ1) is 17.6. The summed E-state index contributed by atoms with van der Waals surface area (Å²) < 4.78 is 57.3. The molecule has 2 heterocycles. The van der Waals surface area contributed by atoms with Gasteiger partial charge in [0, 0.05) is 17.8 Å². The van der Waals surface area contributed by atoms with Crippen molar-refractivity contribution in [1.29, 1.82) is 0 Å². The van der Waals surface area contributed by atoms with Gasteiger partial charge in [-0.2, -0.15) is 10.2 Å². The van der Waals surface area contributed by atoms with E-state index in [-0.39, 0.29) is 23.0 Å². The number of hydrogen-bond acceptors (Lipinski definition) is 5. The fourth-order valence-electron chi connectivity index (χ4n) is 6.86. The number of rotatable bonds is 6. The van der Waals surface area contributed by atoms with Gasteiger partial charge in [-0.25, -0.2) is 17.6 Å². The number of halogens is 4. The van der Waals surface area contributed by atoms with Crippen LogP contribution in [0.2, 0.25) is 0 Å². The SMILES string of the molecule is O=C(Nc1cnn(Cc2c(F)cc(F)c(F)c2F)c1)c1nn(C23CC4CC(CC(C4)C2)C3)cc1[N+](=O)[O-]. The van der Waals surface area contributed by atoms with Crippen molar-refractivity contribution in [2.24, 2.45) is 17.8 Å². The Labute approximate surface area is 207 Å². The predicted octanol–water partition coefficient (Wildman–Crippen LogP) is 4.77. The van der Waals surface area contributed by atoms with Crippen molar-refractivity contribution >= 4 is 17.3 Å². The summed E-state index contributed by atoms with van der Waals surface area (Å²) in [4.78, 5) is 24.1. The number of anilines is 1. The Bertz CT molecular complexity index is 1400. The van der Waals surface area contributed by atoms with E-state index in [1.54, 1.807) is 4.68 Å². The Morgan fingerprint density at radius 1 is 1.05 bits per heavy atom. The molecule has 3 aromatic rings. The average Bonchev–Trinajstić information content (AvgIpc) is 3.47. The number of nitro groups is 1. The molecule has 194 valence electrons. The van der Waals surface area contributed by atoms with Crippen molar-refractivity contribution in [2.45, 2.75) is 50.6 Å². The van der Waals surface area contributed by atoms with Gasteiger partial charge in [0.1, 0.15) is 12.0 Å². The van der Waals surface area contributed by atoms with E-state index in [0.29, 0.717) is 17.8 Å². The lowest BCUT2D eigenvalue weighted by Gasteiger charge is -2.56. The molecule has 4 aliphatic carbocycles. The highest BCUT2D eigenvalue weighted by atomic mass is 19.2. The summed E-state index contributed by atoms with van der Waals surface area (Å²) in [6, 6.07) is 0.235. The molecule has 37 heavy (non-hydrogen) atoms. The maximum atomic E-state index is 14.0. The summed E-state index contributed by atoms with van der Waals surface area (Å²) in [6.07, 6.45) is 9.93. The fourth-order valence-corrected chi connectivity index (χ4v) is 6.86. The van der Waals surface area contributed by atoms with Gasteiger partial charge >= 0.3 is 5.69 Å². The topological polar surface area (TPSA) is 108 Å². The number of aromatic nitrogens is 4. The van der Waals surface area contributed by atoms with Crippen LogP contribution in [0.25, 0.3) is 0 Å². The van der Waals surface area contributed by atoms with Gasteiger partial charge in [0.25, 0.3) is 5.91 Å². The van der Waals surface area contributed by atoms with Gasteiger partial charge in [-0.3, -0.25) is 24.3 Å². The summed E-state index contributed by atoms with van der Waals surface area (Å²) in [5.74, 6) is -5.54. The van der Waals surface area contributed by atoms with E-state index < -0.39 is 51.9 Å². The Morgan fingerprint density at radius 3 is 2.32 bits per heavy atom. The molecule has 0 saturated heterocycles. The van der Waals surface area contributed by atoms with Crippen LogP contribution in [0.15, 0.2) is 24.7 Å². The molecule has 0 aliphatic heterocycles. The molecule has 1 amide bonds. The molecule has 4 fully saturated rings. The van der Waals surface area contributed by atoms with Crippen molar-refractivity contribution in [3.8, 4) is 0 Å². The van der Waals surface area contributed by atoms with Gasteiger partial charge < -0.3 is 5.32 Å². The van der Waals surface area contributed by atoms with Crippen LogP contribution in [0, 0.1) is 51.1 Å². The Kier molecular flexibility index (Phi) is 5.35. The molecule has 4 bridgehead atoms. The van der Waals surface area contributed by atoms with E-state index in [9.17, 15) is 32.5 Å². The van der Waals surface area contributed by atoms with Crippen LogP contribution in [0.5, 0.6) is 0 Å². The summed E-state index contributed by atoms with van der Waals surface area (Å²) >= 11 is 0. The molecule has 4 saturated carbocycles. The lowest BCUT2D eigenvalue weighted by Crippen LogP contribution is -2.52. The van der Waals surface area contributed by atoms with Gasteiger partial charge in [0.15, 0.2) is 17.5 Å². The normalized spacial score (nSPS) is 26.0. The number of nitrogens with zero attached hydrogens (tertiary/aromatic N) is 5. The van der Waals surface area contributed by atoms with Crippen molar-refractivity contribution in [1.82, 2.24) is 19.6 Å². The van der Waals surface area contributed by atoms with Crippen molar-refractivity contribution in [3.05, 3.63) is 69.3 Å². The van der Waals surface area contributed by atoms with Crippen molar-refractivity contribution < 1.29 is 27.3 Å². The number of nitrogens with one attached hydrogen (secondary N) is 1. The quantitative estimate of drug-likeness (QED) is 0.166. The maximum absolute atomic E-state index is 14.0. The van der Waals surface area contributed by atoms with Crippen LogP contribution in [0.4, 0.5) is 28.9 Å². The first-order valence-electron chi connectivity index (χ1n) is 12.0. The lowest BCUT2D eigenvalue weighted by atomic mass is 9.53. The van der Waals surface area contributed by atoms with Crippen molar-refractivity contribution in [2.75, 3.05) is 5.32 Å². The fraction of sp³-hybridized carbons (Fsp3) is 0.458. The third kappa shape index (κ3) is 3.96. The van der Waals surface area contributed by atoms with E-state index in [0.717, 1.165) is 30.1 Å². The zero-order chi connectivity index (χ0) is 26.1. The van der Waals surface area contributed by atoms with E-state index in [1.165, 1.54) is 31.7 Å². The molecule has 13 heteroatoms. The van der Waals surface area contributed by atoms with Crippen molar-refractivity contribution in [3.63, 3.8) is 0 Å². The highest BCUT2D eigenvalue weighted by Crippen LogP contribution is 2.58. The summed E-state index contributed by atoms with van der Waals surface area (Å²) in [6.45, 7) is -0.578. The van der Waals surface area contributed by atoms with Crippen LogP contribution in [0.3, 0.4) is 0 Å². The molecular formula is C24H22F4N6O3. The third-order valence-electron chi connectivity index (χ3n) is 8.02. The summed E-state index contributed by atoms with van der Waals surface area (Å²) in [5, 5.41) is 22.5. The minimum Gasteiger partial charge on any atom is -0.318 e. The zero-order valence-corrected chi connectivity index (χ0v) is 19.5. The zero-order valence-electron chi connectivity index (χ0n) is 19.5. The van der Waals surface area contributed by atoms with Crippen LogP contribution >= 0.6 is 0 Å². The number of benzene rings is 1. The second-order valence-electron chi connectivity index (χ2n) is 10.5. The predicted molar refractivity (Wildman–Crippen MR) is 121 cm³/mol. The standard InChI is InChI=1S/C24H22F4N6O3/c25-17-4-18(26)21(28)20(27)16(17)10-32-9-15(8-29-32)30-23(35)22-19(34(36)37)11-33(31-22)24-5-12-1-13(6-24)3-14(2-12)7-24/h4,8-9,11-14H,1-3,5-7,10H2,(H,30,35). The number of carbonyl (C=O) groups excluding carboxylic acids is 1. The Balaban J connectivity index is 1.23. The third-order valence-corrected chi connectivity index (χ3v) is 8.02. The molecule has 7 rings (SSSR count). The van der Waals surface area contributed by atoms with E-state index >= 15 is 0 Å². The lowest BCUT2D eigenvalue weighted by molar-refractivity contribution is -0.385. The van der Waals surface area contributed by atoms with Gasteiger partial charge in [-0.1, -0.05) is 0 Å². The Hall–Kier alpha value is -3.77. The molecule has 1 N–H and O–H groups in total. The number of carbonyl (C=O) groups is 1. The van der Waals surface area contributed by atoms with Gasteiger partial charge in [-0.05, 0) is 56.3 Å². The highest BCUT2D eigenvalue weighted by Gasteiger charge is 2.53. The highest BCUT2D eigenvalue weighted by molar-refractivity contribution is 6.05. The van der Waals surface area contributed by atoms with Gasteiger partial charge in [0.2, 0.25) is 5.69 Å². The average molecular weight is 518 g/mol. The minimum absolute atomic E-state index is 0.0760. The van der Waals surface area contributed by atoms with Crippen LogP contribution < -0.4 is 5.32 Å². The maximum Gasteiger partial charge on any atom is 0.320 e. The minimum atomic E-state index is -1.81. The van der Waals surface area contributed by atoms with Crippen LogP contribution in [-0.4, -0.2) is 30.4 Å². The molecule has 4 aliphatic rings. The van der Waals surface area contributed by atoms with Gasteiger partial charge in [0.05, 0.1) is 28.9 Å². The first kappa shape index (κ1) is 23.6. The Morgan fingerprint density at radius 2 is 1.70 bits per heavy atom. The molecule has 0 radical (unpaired) electrons. The smallest absolute Gasteiger partial charge is 0.318 e. The molecule has 0 spiro atoms. The second-order valence-corrected chi connectivity index (χ2v) is 10.5. The van der Waals surface area contributed by atoms with E-state index in [2.05, 4.69) is 15.5 Å². The number of hydrogen-bond donors (Lipinski definition) is 1. The molecule has 1 aromatic carbocycles. The summed E-state index contributed by atoms with van der Waals surface area (Å²) in [7, 11) is 0. The second kappa shape index (κ2) is 8.38. The number of amides is 1. The summed E-state index contributed by atoms with van der Waals surface area (Å²) in [5.41, 5.74) is -1.74. The van der Waals surface area contributed by atoms with E-state index in [1.807, 2.05) is 0 Å². The largest absolute Gasteiger partial charge is 0.320 e. The monoisotopic (exact) mass is 518 g/mol. The molecular weight excluding hydrogens is 496 g/mol. The van der Waals surface area contributed by atoms with Crippen LogP contribution in [-0.2, 0) is 12.1 Å². The molecule has 9 nitrogen and oxygen atoms in total. The first-order valence-corrected chi connectivity index (χ1v) is 12.0. The molecule has 0 unspecified atom stereocenters. The van der Waals surface area contributed by atoms with E-state index in [4.69, 9.17) is 0 Å². The molecule has 0 atom stereocenters. The van der Waals surface area contributed by atoms with Crippen LogP contribution in [0.1, 0.15) is 54.6 Å².